The van der Waals surface area contributed by atoms with E-state index in [2.05, 4.69) is 0 Å². The van der Waals surface area contributed by atoms with Crippen molar-refractivity contribution in [1.82, 2.24) is 9.13 Å². The zero-order valence-electron chi connectivity index (χ0n) is 20.8. The summed E-state index contributed by atoms with van der Waals surface area (Å²) in [7, 11) is 1.75. The number of hydrogen-bond acceptors (Lipinski definition) is 6. The van der Waals surface area contributed by atoms with Crippen molar-refractivity contribution < 1.29 is 32.2 Å². The third-order valence-corrected chi connectivity index (χ3v) is 7.31. The van der Waals surface area contributed by atoms with E-state index in [1.54, 1.807) is 45.2 Å². The zero-order chi connectivity index (χ0) is 27.0. The van der Waals surface area contributed by atoms with Gasteiger partial charge in [-0.1, -0.05) is 0 Å². The molecule has 196 valence electrons. The average molecular weight is 530 g/mol. The first kappa shape index (κ1) is 27.3. The van der Waals surface area contributed by atoms with Crippen molar-refractivity contribution in [2.45, 2.75) is 52.1 Å². The topological polar surface area (TPSA) is 88.8 Å². The summed E-state index contributed by atoms with van der Waals surface area (Å²) in [6.07, 6.45) is -4.20. The predicted molar refractivity (Wildman–Crippen MR) is 130 cm³/mol. The SMILES string of the molecule is COc1ccc(Cn2c(=O)c3c(cc(C(=O)OC(C)(C)C)[s+]3C)n(CCC(F)(F)F)c2=O)c(OC)c1. The van der Waals surface area contributed by atoms with Gasteiger partial charge >= 0.3 is 23.4 Å². The molecule has 12 heteroatoms. The normalized spacial score (nSPS) is 12.6. The van der Waals surface area contributed by atoms with Crippen LogP contribution >= 0.6 is 10.5 Å². The number of methoxy groups -OCH3 is 2. The number of carbonyl (C=O) groups excluding carboxylic acids is 1. The fourth-order valence-corrected chi connectivity index (χ4v) is 5.36. The molecule has 8 nitrogen and oxygen atoms in total. The van der Waals surface area contributed by atoms with Crippen LogP contribution in [0.2, 0.25) is 0 Å². The van der Waals surface area contributed by atoms with E-state index in [0.717, 1.165) is 9.13 Å². The number of nitrogens with zero attached hydrogens (tertiary/aromatic N) is 2. The summed E-state index contributed by atoms with van der Waals surface area (Å²) in [5.74, 6) is 0.133. The number of alkyl halides is 3. The van der Waals surface area contributed by atoms with E-state index >= 15 is 0 Å². The molecule has 0 spiro atoms. The molecule has 3 rings (SSSR count). The Balaban J connectivity index is 2.26. The standard InChI is InChI=1S/C24H28F3N2O6S/c1-23(2,3)35-21(31)18-12-16-19(36(18)6)20(30)29(22(32)28(16)10-9-24(25,26)27)13-14-7-8-15(33-4)11-17(14)34-5/h7-8,11-12H,9-10,13H2,1-6H3/q+1. The molecular formula is C24H28F3N2O6S+. The van der Waals surface area contributed by atoms with Crippen molar-refractivity contribution in [2.24, 2.45) is 6.26 Å². The maximum absolute atomic E-state index is 13.5. The van der Waals surface area contributed by atoms with E-state index < -0.39 is 52.4 Å². The van der Waals surface area contributed by atoms with Crippen LogP contribution in [0.15, 0.2) is 33.9 Å². The molecule has 0 fully saturated rings. The molecule has 0 aliphatic heterocycles. The van der Waals surface area contributed by atoms with Crippen LogP contribution in [0.1, 0.15) is 42.4 Å². The van der Waals surface area contributed by atoms with Crippen LogP contribution in [0.3, 0.4) is 0 Å². The number of aromatic nitrogens is 2. The highest BCUT2D eigenvalue weighted by atomic mass is 32.2. The van der Waals surface area contributed by atoms with Crippen molar-refractivity contribution >= 4 is 26.7 Å². The van der Waals surface area contributed by atoms with E-state index in [4.69, 9.17) is 14.2 Å². The number of carbonyl (C=O) groups is 1. The predicted octanol–water partition coefficient (Wildman–Crippen LogP) is 4.42. The molecule has 0 amide bonds. The van der Waals surface area contributed by atoms with Gasteiger partial charge in [-0.15, -0.1) is 0 Å². The van der Waals surface area contributed by atoms with Crippen LogP contribution in [-0.4, -0.2) is 41.1 Å². The smallest absolute Gasteiger partial charge is 0.392 e. The highest BCUT2D eigenvalue weighted by molar-refractivity contribution is 7.37. The third-order valence-electron chi connectivity index (χ3n) is 5.37. The Kier molecular flexibility index (Phi) is 7.58. The van der Waals surface area contributed by atoms with Crippen molar-refractivity contribution in [3.05, 3.63) is 55.5 Å². The number of fused-ring (bicyclic) bond motifs is 1. The molecule has 36 heavy (non-hydrogen) atoms. The zero-order valence-corrected chi connectivity index (χ0v) is 21.6. The highest BCUT2D eigenvalue weighted by Crippen LogP contribution is 2.34. The van der Waals surface area contributed by atoms with Crippen molar-refractivity contribution in [3.63, 3.8) is 0 Å². The van der Waals surface area contributed by atoms with Gasteiger partial charge in [-0.3, -0.25) is 13.9 Å². The monoisotopic (exact) mass is 529 g/mol. The molecule has 1 aromatic carbocycles. The van der Waals surface area contributed by atoms with Gasteiger partial charge in [0.25, 0.3) is 9.58 Å². The number of thiophene rings is 1. The summed E-state index contributed by atoms with van der Waals surface area (Å²) >= 11 is 0. The van der Waals surface area contributed by atoms with Gasteiger partial charge < -0.3 is 14.2 Å². The summed E-state index contributed by atoms with van der Waals surface area (Å²) in [5.41, 5.74) is -1.97. The van der Waals surface area contributed by atoms with Crippen LogP contribution < -0.4 is 20.7 Å². The maximum Gasteiger partial charge on any atom is 0.392 e. The van der Waals surface area contributed by atoms with E-state index in [1.807, 2.05) is 0 Å². The molecular weight excluding hydrogens is 501 g/mol. The molecule has 0 saturated carbocycles. The summed E-state index contributed by atoms with van der Waals surface area (Å²) in [6.45, 7) is 4.07. The summed E-state index contributed by atoms with van der Waals surface area (Å²) in [4.78, 5) is 39.8. The second-order valence-electron chi connectivity index (χ2n) is 9.10. The number of hydrogen-bond donors (Lipinski definition) is 0. The van der Waals surface area contributed by atoms with Crippen LogP contribution in [0, 0.1) is 0 Å². The minimum absolute atomic E-state index is 0.00103. The third kappa shape index (κ3) is 5.75. The van der Waals surface area contributed by atoms with Gasteiger partial charge in [0.1, 0.15) is 28.9 Å². The van der Waals surface area contributed by atoms with Crippen LogP contribution in [0.5, 0.6) is 11.5 Å². The van der Waals surface area contributed by atoms with Crippen LogP contribution in [-0.2, 0) is 24.1 Å². The fraction of sp³-hybridized carbons (Fsp3) is 0.458. The largest absolute Gasteiger partial charge is 0.497 e. The minimum atomic E-state index is -4.53. The molecule has 0 bridgehead atoms. The first-order valence-electron chi connectivity index (χ1n) is 10.9. The Morgan fingerprint density at radius 2 is 1.69 bits per heavy atom. The number of aryl methyl sites for hydroxylation is 2. The van der Waals surface area contributed by atoms with E-state index in [0.29, 0.717) is 17.1 Å². The summed E-state index contributed by atoms with van der Waals surface area (Å²) < 4.78 is 57.1. The van der Waals surface area contributed by atoms with Gasteiger partial charge in [0.2, 0.25) is 0 Å². The molecule has 1 unspecified atom stereocenters. The lowest BCUT2D eigenvalue weighted by Gasteiger charge is -2.17. The molecule has 3 aromatic rings. The molecule has 2 heterocycles. The summed E-state index contributed by atoms with van der Waals surface area (Å²) in [6, 6.07) is 6.09. The Labute approximate surface area is 207 Å². The quantitative estimate of drug-likeness (QED) is 0.333. The van der Waals surface area contributed by atoms with Crippen molar-refractivity contribution in [1.29, 1.82) is 0 Å². The summed E-state index contributed by atoms with van der Waals surface area (Å²) in [5, 5.41) is 0. The van der Waals surface area contributed by atoms with Gasteiger partial charge in [0.05, 0.1) is 27.2 Å². The number of halogens is 3. The van der Waals surface area contributed by atoms with Crippen LogP contribution in [0.25, 0.3) is 10.2 Å². The highest BCUT2D eigenvalue weighted by Gasteiger charge is 2.34. The average Bonchev–Trinajstić information content (AvgIpc) is 3.11. The number of ether oxygens (including phenoxy) is 3. The van der Waals surface area contributed by atoms with Crippen molar-refractivity contribution in [2.75, 3.05) is 14.2 Å². The minimum Gasteiger partial charge on any atom is -0.497 e. The number of esters is 1. The van der Waals surface area contributed by atoms with Crippen LogP contribution in [0.4, 0.5) is 13.2 Å². The molecule has 0 N–H and O–H groups in total. The second-order valence-corrected chi connectivity index (χ2v) is 11.0. The molecule has 0 saturated heterocycles. The first-order valence-corrected chi connectivity index (χ1v) is 12.6. The Morgan fingerprint density at radius 3 is 2.25 bits per heavy atom. The van der Waals surface area contributed by atoms with Gasteiger partial charge in [0, 0.05) is 34.7 Å². The van der Waals surface area contributed by atoms with E-state index in [1.165, 1.54) is 20.3 Å². The van der Waals surface area contributed by atoms with E-state index in [9.17, 15) is 27.6 Å². The first-order chi connectivity index (χ1) is 16.7. The lowest BCUT2D eigenvalue weighted by molar-refractivity contribution is -0.136. The molecule has 1 atom stereocenters. The maximum atomic E-state index is 13.5. The molecule has 0 aliphatic carbocycles. The Bertz CT molecular complexity index is 1410. The lowest BCUT2D eigenvalue weighted by atomic mass is 10.2. The van der Waals surface area contributed by atoms with E-state index in [-0.39, 0.29) is 21.6 Å². The fourth-order valence-electron chi connectivity index (χ4n) is 3.70. The molecule has 0 aliphatic rings. The second kappa shape index (κ2) is 10.00. The molecule has 0 radical (unpaired) electrons. The van der Waals surface area contributed by atoms with Gasteiger partial charge in [0.15, 0.2) is 0 Å². The Hall–Kier alpha value is -3.28. The lowest BCUT2D eigenvalue weighted by Crippen LogP contribution is -2.40. The van der Waals surface area contributed by atoms with Crippen molar-refractivity contribution in [3.8, 4) is 11.5 Å². The number of benzene rings is 1. The van der Waals surface area contributed by atoms with Gasteiger partial charge in [-0.25, -0.2) is 9.59 Å². The molecule has 2 aromatic heterocycles. The van der Waals surface area contributed by atoms with Gasteiger partial charge in [-0.2, -0.15) is 13.2 Å². The van der Waals surface area contributed by atoms with Gasteiger partial charge in [-0.05, 0) is 32.9 Å². The number of rotatable bonds is 7. The Morgan fingerprint density at radius 1 is 1.03 bits per heavy atom.